The molecule has 0 radical (unpaired) electrons. The van der Waals surface area contributed by atoms with Crippen LogP contribution in [0.3, 0.4) is 0 Å². The fourth-order valence-corrected chi connectivity index (χ4v) is 0.887. The van der Waals surface area contributed by atoms with Crippen LogP contribution < -0.4 is 0 Å². The highest BCUT2D eigenvalue weighted by atomic mass is 31.2. The number of hydrogen-bond acceptors (Lipinski definition) is 4. The summed E-state index contributed by atoms with van der Waals surface area (Å²) in [7, 11) is -0.651. The minimum atomic E-state index is -3.12. The molecule has 0 aromatic heterocycles. The summed E-state index contributed by atoms with van der Waals surface area (Å²) in [6.07, 6.45) is -0.267. The van der Waals surface area contributed by atoms with Gasteiger partial charge in [0.25, 0.3) is 0 Å². The summed E-state index contributed by atoms with van der Waals surface area (Å²) in [6, 6.07) is 0. The van der Waals surface area contributed by atoms with E-state index in [-0.39, 0.29) is 6.29 Å². The Morgan fingerprint density at radius 3 is 2.40 bits per heavy atom. The van der Waals surface area contributed by atoms with E-state index in [2.05, 4.69) is 19.1 Å². The van der Waals surface area contributed by atoms with E-state index < -0.39 is 7.60 Å². The zero-order chi connectivity index (χ0) is 8.04. The van der Waals surface area contributed by atoms with Gasteiger partial charge in [0.15, 0.2) is 0 Å². The lowest BCUT2D eigenvalue weighted by Gasteiger charge is -2.08. The zero-order valence-electron chi connectivity index (χ0n) is 5.72. The molecule has 10 heavy (non-hydrogen) atoms. The van der Waals surface area contributed by atoms with Crippen molar-refractivity contribution in [3.05, 3.63) is 10.4 Å². The molecule has 0 aromatic rings. The second kappa shape index (κ2) is 4.30. The first kappa shape index (κ1) is 9.46. The smallest absolute Gasteiger partial charge is 0.312 e. The topological polar surface area (TPSA) is 84.3 Å². The molecule has 0 rings (SSSR count). The van der Waals surface area contributed by atoms with Crippen LogP contribution in [0.2, 0.25) is 0 Å². The lowest BCUT2D eigenvalue weighted by molar-refractivity contribution is 0.276. The van der Waals surface area contributed by atoms with Crippen LogP contribution in [-0.4, -0.2) is 20.5 Å². The molecule has 0 aromatic carbocycles. The minimum Gasteiger partial charge on any atom is -0.312 e. The maximum Gasteiger partial charge on any atom is 0.336 e. The Balaban J connectivity index is 4.06. The molecule has 0 heterocycles. The molecular formula is C3H8N3O3P. The van der Waals surface area contributed by atoms with Crippen molar-refractivity contribution in [2.75, 3.05) is 20.5 Å². The highest BCUT2D eigenvalue weighted by Gasteiger charge is 2.18. The third kappa shape index (κ3) is 2.85. The lowest BCUT2D eigenvalue weighted by atomic mass is 11.5. The summed E-state index contributed by atoms with van der Waals surface area (Å²) in [5.41, 5.74) is 7.85. The number of azide groups is 1. The molecule has 0 fully saturated rings. The third-order valence-corrected chi connectivity index (χ3v) is 2.44. The van der Waals surface area contributed by atoms with Crippen molar-refractivity contribution in [1.29, 1.82) is 0 Å². The maximum atomic E-state index is 11.0. The van der Waals surface area contributed by atoms with Gasteiger partial charge >= 0.3 is 7.60 Å². The molecule has 0 bridgehead atoms. The summed E-state index contributed by atoms with van der Waals surface area (Å²) in [6.45, 7) is 0. The van der Waals surface area contributed by atoms with Crippen molar-refractivity contribution in [3.63, 3.8) is 0 Å². The van der Waals surface area contributed by atoms with E-state index in [1.54, 1.807) is 0 Å². The van der Waals surface area contributed by atoms with Crippen LogP contribution in [0.1, 0.15) is 0 Å². The van der Waals surface area contributed by atoms with Gasteiger partial charge in [-0.05, 0) is 5.53 Å². The first-order chi connectivity index (χ1) is 4.68. The highest BCUT2D eigenvalue weighted by molar-refractivity contribution is 7.53. The summed E-state index contributed by atoms with van der Waals surface area (Å²) < 4.78 is 19.9. The van der Waals surface area contributed by atoms with Crippen LogP contribution in [0.4, 0.5) is 0 Å². The largest absolute Gasteiger partial charge is 0.336 e. The number of hydrogen-bond donors (Lipinski definition) is 0. The van der Waals surface area contributed by atoms with E-state index in [1.165, 1.54) is 14.2 Å². The molecule has 0 aliphatic heterocycles. The Labute approximate surface area is 58.3 Å². The molecule has 0 N–H and O–H groups in total. The molecule has 0 spiro atoms. The molecule has 0 atom stereocenters. The molecule has 7 heteroatoms. The molecular weight excluding hydrogens is 157 g/mol. The average Bonchev–Trinajstić information content (AvgIpc) is 2.00. The van der Waals surface area contributed by atoms with Gasteiger partial charge in [-0.25, -0.2) is 0 Å². The Morgan fingerprint density at radius 1 is 1.60 bits per heavy atom. The first-order valence-corrected chi connectivity index (χ1v) is 4.12. The summed E-state index contributed by atoms with van der Waals surface area (Å²) >= 11 is 0. The molecule has 58 valence electrons. The molecule has 0 saturated carbocycles. The number of rotatable bonds is 4. The van der Waals surface area contributed by atoms with Crippen LogP contribution in [0.5, 0.6) is 0 Å². The quantitative estimate of drug-likeness (QED) is 0.275. The third-order valence-electron chi connectivity index (χ3n) is 0.856. The van der Waals surface area contributed by atoms with E-state index in [0.29, 0.717) is 0 Å². The molecule has 0 aliphatic rings. The molecule has 0 unspecified atom stereocenters. The fraction of sp³-hybridized carbons (Fsp3) is 1.00. The molecule has 0 saturated heterocycles. The van der Waals surface area contributed by atoms with Gasteiger partial charge in [0.1, 0.15) is 6.29 Å². The van der Waals surface area contributed by atoms with Gasteiger partial charge < -0.3 is 9.05 Å². The van der Waals surface area contributed by atoms with Gasteiger partial charge in [-0.2, -0.15) is 0 Å². The number of nitrogens with zero attached hydrogens (tertiary/aromatic N) is 3. The summed E-state index contributed by atoms with van der Waals surface area (Å²) in [5.74, 6) is 0. The Kier molecular flexibility index (Phi) is 4.07. The van der Waals surface area contributed by atoms with Crippen molar-refractivity contribution in [2.45, 2.75) is 0 Å². The van der Waals surface area contributed by atoms with Crippen LogP contribution in [-0.2, 0) is 13.6 Å². The Hall–Kier alpha value is -0.540. The van der Waals surface area contributed by atoms with E-state index in [9.17, 15) is 4.57 Å². The molecule has 0 amide bonds. The highest BCUT2D eigenvalue weighted by Crippen LogP contribution is 2.46. The Bertz CT molecular complexity index is 179. The normalized spacial score (nSPS) is 10.6. The zero-order valence-corrected chi connectivity index (χ0v) is 6.62. The van der Waals surface area contributed by atoms with Gasteiger partial charge in [-0.15, -0.1) is 0 Å². The monoisotopic (exact) mass is 165 g/mol. The van der Waals surface area contributed by atoms with Crippen molar-refractivity contribution in [1.82, 2.24) is 0 Å². The maximum absolute atomic E-state index is 11.0. The molecule has 6 nitrogen and oxygen atoms in total. The van der Waals surface area contributed by atoms with Crippen LogP contribution in [0.25, 0.3) is 10.4 Å². The van der Waals surface area contributed by atoms with Crippen molar-refractivity contribution in [2.24, 2.45) is 5.11 Å². The SMILES string of the molecule is COP(=O)(CN=[N+]=[N-])OC. The van der Waals surface area contributed by atoms with E-state index in [0.717, 1.165) is 0 Å². The van der Waals surface area contributed by atoms with Crippen LogP contribution in [0, 0.1) is 0 Å². The van der Waals surface area contributed by atoms with E-state index >= 15 is 0 Å². The lowest BCUT2D eigenvalue weighted by Crippen LogP contribution is -1.90. The summed E-state index contributed by atoms with van der Waals surface area (Å²) in [4.78, 5) is 2.41. The van der Waals surface area contributed by atoms with Crippen molar-refractivity contribution in [3.8, 4) is 0 Å². The van der Waals surface area contributed by atoms with E-state index in [1.807, 2.05) is 0 Å². The van der Waals surface area contributed by atoms with Gasteiger partial charge in [0.05, 0.1) is 0 Å². The standard InChI is InChI=1S/C3H8N3O3P/c1-8-10(7,9-2)3-5-6-4/h3H2,1-2H3. The van der Waals surface area contributed by atoms with Crippen molar-refractivity contribution >= 4 is 7.60 Å². The van der Waals surface area contributed by atoms with Gasteiger partial charge in [-0.3, -0.25) is 4.57 Å². The predicted molar refractivity (Wildman–Crippen MR) is 35.6 cm³/mol. The van der Waals surface area contributed by atoms with Gasteiger partial charge in [-0.1, -0.05) is 5.11 Å². The fourth-order valence-electron chi connectivity index (χ4n) is 0.296. The second-order valence-electron chi connectivity index (χ2n) is 1.35. The second-order valence-corrected chi connectivity index (χ2v) is 3.58. The van der Waals surface area contributed by atoms with Crippen molar-refractivity contribution < 1.29 is 13.6 Å². The van der Waals surface area contributed by atoms with Crippen LogP contribution in [0.15, 0.2) is 5.11 Å². The summed E-state index contributed by atoms with van der Waals surface area (Å²) in [5, 5.41) is 3.05. The average molecular weight is 165 g/mol. The van der Waals surface area contributed by atoms with E-state index in [4.69, 9.17) is 5.53 Å². The predicted octanol–water partition coefficient (Wildman–Crippen LogP) is 1.74. The van der Waals surface area contributed by atoms with Crippen LogP contribution >= 0.6 is 7.60 Å². The molecule has 0 aliphatic carbocycles. The van der Waals surface area contributed by atoms with Gasteiger partial charge in [0.2, 0.25) is 0 Å². The minimum absolute atomic E-state index is 0.267. The Morgan fingerprint density at radius 2 is 2.10 bits per heavy atom. The first-order valence-electron chi connectivity index (χ1n) is 2.40. The van der Waals surface area contributed by atoms with Gasteiger partial charge in [0, 0.05) is 19.1 Å².